The molecule has 0 aliphatic rings. The monoisotopic (exact) mass is 399 g/mol. The van der Waals surface area contributed by atoms with Crippen LogP contribution in [0, 0.1) is 11.3 Å². The van der Waals surface area contributed by atoms with Crippen LogP contribution in [0.5, 0.6) is 0 Å². The van der Waals surface area contributed by atoms with Gasteiger partial charge in [0.2, 0.25) is 0 Å². The van der Waals surface area contributed by atoms with Crippen molar-refractivity contribution in [3.8, 4) is 6.07 Å². The zero-order valence-corrected chi connectivity index (χ0v) is 14.0. The Morgan fingerprint density at radius 1 is 1.25 bits per heavy atom. The summed E-state index contributed by atoms with van der Waals surface area (Å²) in [7, 11) is 0. The largest absolute Gasteiger partial charge is 0.370 e. The molecule has 1 aromatic rings. The number of anilines is 1. The van der Waals surface area contributed by atoms with Gasteiger partial charge < -0.3 is 10.6 Å². The molecule has 0 bridgehead atoms. The Balaban J connectivity index is 2.93. The lowest BCUT2D eigenvalue weighted by atomic mass is 10.1. The van der Waals surface area contributed by atoms with Gasteiger partial charge in [0.05, 0.1) is 0 Å². The predicted molar refractivity (Wildman–Crippen MR) is 89.0 cm³/mol. The lowest BCUT2D eigenvalue weighted by Gasteiger charge is -2.23. The molecule has 1 rings (SSSR count). The van der Waals surface area contributed by atoms with Crippen molar-refractivity contribution < 1.29 is 4.79 Å². The van der Waals surface area contributed by atoms with Gasteiger partial charge >= 0.3 is 0 Å². The molecule has 2 N–H and O–H groups in total. The van der Waals surface area contributed by atoms with Gasteiger partial charge in [-0.05, 0) is 23.8 Å². The summed E-state index contributed by atoms with van der Waals surface area (Å²) in [6, 6.07) is 9.45. The van der Waals surface area contributed by atoms with Crippen LogP contribution in [0.15, 0.2) is 29.8 Å². The first-order valence-corrected chi connectivity index (χ1v) is 8.25. The molecule has 0 spiro atoms. The minimum Gasteiger partial charge on any atom is -0.370 e. The highest BCUT2D eigenvalue weighted by atomic mass is 79.9. The van der Waals surface area contributed by atoms with Gasteiger partial charge in [0.1, 0.15) is 11.6 Å². The topological polar surface area (TPSA) is 70.1 Å². The van der Waals surface area contributed by atoms with Gasteiger partial charge in [0.15, 0.2) is 0 Å². The maximum atomic E-state index is 11.0. The zero-order chi connectivity index (χ0) is 15.0. The van der Waals surface area contributed by atoms with Crippen molar-refractivity contribution in [2.75, 3.05) is 28.6 Å². The summed E-state index contributed by atoms with van der Waals surface area (Å²) in [5, 5.41) is 10.6. The van der Waals surface area contributed by atoms with Crippen LogP contribution in [0.1, 0.15) is 5.56 Å². The second-order valence-corrected chi connectivity index (χ2v) is 5.58. The first-order valence-electron chi connectivity index (χ1n) is 6.01. The number of hydrogen-bond acceptors (Lipinski definition) is 3. The number of primary amides is 1. The molecule has 6 heteroatoms. The molecule has 0 atom stereocenters. The summed E-state index contributed by atoms with van der Waals surface area (Å²) in [6.07, 6.45) is 1.49. The van der Waals surface area contributed by atoms with Crippen molar-refractivity contribution >= 4 is 49.5 Å². The Labute approximate surface area is 135 Å². The van der Waals surface area contributed by atoms with Crippen molar-refractivity contribution in [3.05, 3.63) is 35.4 Å². The fourth-order valence-electron chi connectivity index (χ4n) is 1.68. The summed E-state index contributed by atoms with van der Waals surface area (Å²) in [5.41, 5.74) is 6.93. The summed E-state index contributed by atoms with van der Waals surface area (Å²) in [5.74, 6) is -0.711. The second-order valence-electron chi connectivity index (χ2n) is 3.99. The standard InChI is InChI=1S/C14H15Br2N3O/c15-5-7-19(8-6-16)13-3-1-11(2-4-13)9-12(10-17)14(18)20/h1-4,9H,5-8H2,(H2,18,20)/b12-9+. The number of hydrogen-bond donors (Lipinski definition) is 1. The molecular weight excluding hydrogens is 386 g/mol. The maximum absolute atomic E-state index is 11.0. The molecule has 0 heterocycles. The van der Waals surface area contributed by atoms with Crippen LogP contribution in [0.4, 0.5) is 5.69 Å². The van der Waals surface area contributed by atoms with Gasteiger partial charge in [-0.2, -0.15) is 5.26 Å². The molecule has 1 aromatic carbocycles. The minimum atomic E-state index is -0.711. The highest BCUT2D eigenvalue weighted by Crippen LogP contribution is 2.17. The highest BCUT2D eigenvalue weighted by molar-refractivity contribution is 9.09. The molecule has 0 unspecified atom stereocenters. The molecule has 0 aliphatic carbocycles. The van der Waals surface area contributed by atoms with Gasteiger partial charge in [-0.1, -0.05) is 44.0 Å². The van der Waals surface area contributed by atoms with Crippen molar-refractivity contribution in [2.24, 2.45) is 5.73 Å². The van der Waals surface area contributed by atoms with E-state index >= 15 is 0 Å². The van der Waals surface area contributed by atoms with Gasteiger partial charge in [-0.15, -0.1) is 0 Å². The Morgan fingerprint density at radius 2 is 1.80 bits per heavy atom. The molecule has 106 valence electrons. The lowest BCUT2D eigenvalue weighted by Crippen LogP contribution is -2.27. The summed E-state index contributed by atoms with van der Waals surface area (Å²) in [4.78, 5) is 13.2. The Morgan fingerprint density at radius 3 is 2.20 bits per heavy atom. The SMILES string of the molecule is N#C/C(=C\c1ccc(N(CCBr)CCBr)cc1)C(N)=O. The quantitative estimate of drug-likeness (QED) is 0.434. The van der Waals surface area contributed by atoms with Crippen LogP contribution in [-0.2, 0) is 4.79 Å². The first kappa shape index (κ1) is 16.7. The fraction of sp³-hybridized carbons (Fsp3) is 0.286. The van der Waals surface area contributed by atoms with Crippen molar-refractivity contribution in [1.29, 1.82) is 5.26 Å². The van der Waals surface area contributed by atoms with E-state index in [4.69, 9.17) is 11.0 Å². The average molecular weight is 401 g/mol. The van der Waals surface area contributed by atoms with Crippen LogP contribution in [0.2, 0.25) is 0 Å². The van der Waals surface area contributed by atoms with Crippen molar-refractivity contribution in [2.45, 2.75) is 0 Å². The fourth-order valence-corrected chi connectivity index (χ4v) is 2.54. The number of nitriles is 1. The van der Waals surface area contributed by atoms with Crippen LogP contribution < -0.4 is 10.6 Å². The van der Waals surface area contributed by atoms with E-state index < -0.39 is 5.91 Å². The molecule has 0 fully saturated rings. The summed E-state index contributed by atoms with van der Waals surface area (Å²) < 4.78 is 0. The van der Waals surface area contributed by atoms with E-state index in [9.17, 15) is 4.79 Å². The van der Waals surface area contributed by atoms with Crippen molar-refractivity contribution in [3.63, 3.8) is 0 Å². The molecule has 0 radical (unpaired) electrons. The zero-order valence-electron chi connectivity index (χ0n) is 10.9. The Bertz CT molecular complexity index is 514. The predicted octanol–water partition coefficient (Wildman–Crippen LogP) is 2.68. The molecule has 1 amide bonds. The van der Waals surface area contributed by atoms with Crippen LogP contribution in [0.25, 0.3) is 6.08 Å². The smallest absolute Gasteiger partial charge is 0.259 e. The normalized spacial score (nSPS) is 10.9. The van der Waals surface area contributed by atoms with E-state index in [0.717, 1.165) is 35.0 Å². The second kappa shape index (κ2) is 8.77. The Hall–Kier alpha value is -1.32. The highest BCUT2D eigenvalue weighted by Gasteiger charge is 2.06. The van der Waals surface area contributed by atoms with E-state index in [1.807, 2.05) is 24.3 Å². The van der Waals surface area contributed by atoms with Gasteiger partial charge in [0.25, 0.3) is 5.91 Å². The van der Waals surface area contributed by atoms with Crippen LogP contribution >= 0.6 is 31.9 Å². The van der Waals surface area contributed by atoms with Crippen LogP contribution in [0.3, 0.4) is 0 Å². The lowest BCUT2D eigenvalue weighted by molar-refractivity contribution is -0.114. The summed E-state index contributed by atoms with van der Waals surface area (Å²) in [6.45, 7) is 1.82. The Kier molecular flexibility index (Phi) is 7.34. The average Bonchev–Trinajstić information content (AvgIpc) is 2.45. The van der Waals surface area contributed by atoms with E-state index in [1.165, 1.54) is 6.08 Å². The van der Waals surface area contributed by atoms with E-state index in [0.29, 0.717) is 0 Å². The number of nitrogens with two attached hydrogens (primary N) is 1. The minimum absolute atomic E-state index is 0.0458. The number of halogens is 2. The molecule has 0 saturated carbocycles. The number of amides is 1. The number of benzene rings is 1. The third kappa shape index (κ3) is 4.99. The number of carbonyl (C=O) groups is 1. The van der Waals surface area contributed by atoms with Gasteiger partial charge in [0, 0.05) is 29.4 Å². The molecule has 20 heavy (non-hydrogen) atoms. The van der Waals surface area contributed by atoms with Gasteiger partial charge in [-0.25, -0.2) is 0 Å². The van der Waals surface area contributed by atoms with Crippen LogP contribution in [-0.4, -0.2) is 29.7 Å². The molecule has 0 aromatic heterocycles. The molecular formula is C14H15Br2N3O. The number of carbonyl (C=O) groups excluding carboxylic acids is 1. The molecule has 4 nitrogen and oxygen atoms in total. The third-order valence-corrected chi connectivity index (χ3v) is 3.37. The van der Waals surface area contributed by atoms with E-state index in [2.05, 4.69) is 36.8 Å². The van der Waals surface area contributed by atoms with E-state index in [-0.39, 0.29) is 5.57 Å². The first-order chi connectivity index (χ1) is 9.62. The maximum Gasteiger partial charge on any atom is 0.259 e. The van der Waals surface area contributed by atoms with Gasteiger partial charge in [-0.3, -0.25) is 4.79 Å². The number of alkyl halides is 2. The van der Waals surface area contributed by atoms with Crippen molar-refractivity contribution in [1.82, 2.24) is 0 Å². The summed E-state index contributed by atoms with van der Waals surface area (Å²) >= 11 is 6.87. The molecule has 0 saturated heterocycles. The third-order valence-electron chi connectivity index (χ3n) is 2.66. The number of rotatable bonds is 7. The molecule has 0 aliphatic heterocycles. The number of nitrogens with zero attached hydrogens (tertiary/aromatic N) is 2. The van der Waals surface area contributed by atoms with E-state index in [1.54, 1.807) is 6.07 Å².